The number of aromatic nitrogens is 5. The molecule has 0 unspecified atom stereocenters. The maximum atomic E-state index is 11.8. The zero-order valence-electron chi connectivity index (χ0n) is 19.9. The van der Waals surface area contributed by atoms with Crippen LogP contribution in [0, 0.1) is 0 Å². The van der Waals surface area contributed by atoms with Crippen molar-refractivity contribution < 1.29 is 23.4 Å². The summed E-state index contributed by atoms with van der Waals surface area (Å²) in [6, 6.07) is 0. The lowest BCUT2D eigenvalue weighted by Gasteiger charge is -2.36. The van der Waals surface area contributed by atoms with Crippen molar-refractivity contribution in [2.45, 2.75) is 44.6 Å². The minimum atomic E-state index is -0.263. The fourth-order valence-electron chi connectivity index (χ4n) is 4.74. The molecule has 0 radical (unpaired) electrons. The molecule has 6 heterocycles. The van der Waals surface area contributed by atoms with E-state index in [1.807, 2.05) is 4.40 Å². The number of ether oxygens (including phenoxy) is 3. The third-order valence-electron chi connectivity index (χ3n) is 6.37. The van der Waals surface area contributed by atoms with Crippen molar-refractivity contribution in [3.8, 4) is 0 Å². The predicted octanol–water partition coefficient (Wildman–Crippen LogP) is 2.65. The number of thiophene rings is 1. The van der Waals surface area contributed by atoms with E-state index < -0.39 is 0 Å². The number of carbonyl (C=O) groups is 1. The number of nitrogens with zero attached hydrogens (tertiary/aromatic N) is 5. The standard InChI is InChI=1S/C23H26N6O4S2/c1-4-32-15(30)11-34-22-27-26-20-18-17(24-12-29(20)22)16-13-9-23(2,3)33-10-14(13)19(25-21(16)35-18)28-5-7-31-8-6-28/h12H,4-11H2,1-3H3/p+1. The summed E-state index contributed by atoms with van der Waals surface area (Å²) in [5.74, 6) is 0.927. The molecule has 2 aliphatic rings. The second-order valence-corrected chi connectivity index (χ2v) is 11.2. The Hall–Kier alpha value is -2.54. The Labute approximate surface area is 210 Å². The highest BCUT2D eigenvalue weighted by Crippen LogP contribution is 2.43. The van der Waals surface area contributed by atoms with Crippen molar-refractivity contribution in [3.63, 3.8) is 0 Å². The number of anilines is 1. The Morgan fingerprint density at radius 2 is 2.17 bits per heavy atom. The zero-order valence-corrected chi connectivity index (χ0v) is 21.6. The van der Waals surface area contributed by atoms with Gasteiger partial charge in [0, 0.05) is 30.2 Å². The van der Waals surface area contributed by atoms with E-state index in [4.69, 9.17) is 24.2 Å². The van der Waals surface area contributed by atoms with E-state index >= 15 is 0 Å². The first-order valence-corrected chi connectivity index (χ1v) is 13.5. The molecule has 2 aliphatic heterocycles. The average Bonchev–Trinajstić information content (AvgIpc) is 3.43. The van der Waals surface area contributed by atoms with Crippen LogP contribution in [-0.4, -0.2) is 70.4 Å². The van der Waals surface area contributed by atoms with Gasteiger partial charge in [-0.2, -0.15) is 9.50 Å². The Balaban J connectivity index is 1.50. The fraction of sp³-hybridized carbons (Fsp3) is 0.522. The molecular weight excluding hydrogens is 488 g/mol. The lowest BCUT2D eigenvalue weighted by molar-refractivity contribution is -0.558. The van der Waals surface area contributed by atoms with Crippen LogP contribution in [0.2, 0.25) is 0 Å². The molecule has 1 saturated heterocycles. The third-order valence-corrected chi connectivity index (χ3v) is 8.38. The number of carbonyl (C=O) groups excluding carboxylic acids is 1. The number of morpholine rings is 1. The normalized spacial score (nSPS) is 17.9. The van der Waals surface area contributed by atoms with Crippen LogP contribution >= 0.6 is 23.1 Å². The molecule has 0 amide bonds. The van der Waals surface area contributed by atoms with Crippen LogP contribution < -0.4 is 9.30 Å². The van der Waals surface area contributed by atoms with Gasteiger partial charge in [-0.25, -0.2) is 4.98 Å². The van der Waals surface area contributed by atoms with E-state index in [2.05, 4.69) is 28.9 Å². The summed E-state index contributed by atoms with van der Waals surface area (Å²) in [7, 11) is 0. The van der Waals surface area contributed by atoms with Crippen molar-refractivity contribution >= 4 is 61.0 Å². The second-order valence-electron chi connectivity index (χ2n) is 9.24. The highest BCUT2D eigenvalue weighted by atomic mass is 32.2. The highest BCUT2D eigenvalue weighted by Gasteiger charge is 2.34. The van der Waals surface area contributed by atoms with Gasteiger partial charge in [-0.15, -0.1) is 16.3 Å². The van der Waals surface area contributed by atoms with Crippen molar-refractivity contribution in [1.82, 2.24) is 20.2 Å². The van der Waals surface area contributed by atoms with E-state index in [9.17, 15) is 4.79 Å². The predicted molar refractivity (Wildman–Crippen MR) is 133 cm³/mol. The molecule has 0 aromatic carbocycles. The van der Waals surface area contributed by atoms with Gasteiger partial charge in [0.25, 0.3) is 5.65 Å². The fourth-order valence-corrected chi connectivity index (χ4v) is 6.59. The first-order valence-electron chi connectivity index (χ1n) is 11.7. The Morgan fingerprint density at radius 3 is 2.97 bits per heavy atom. The summed E-state index contributed by atoms with van der Waals surface area (Å²) in [5, 5.41) is 9.37. The number of aromatic amines is 1. The van der Waals surface area contributed by atoms with E-state index in [0.29, 0.717) is 31.6 Å². The monoisotopic (exact) mass is 515 g/mol. The van der Waals surface area contributed by atoms with Crippen molar-refractivity contribution in [2.75, 3.05) is 43.6 Å². The number of hydrogen-bond donors (Lipinski definition) is 1. The first kappa shape index (κ1) is 22.9. The molecule has 35 heavy (non-hydrogen) atoms. The van der Waals surface area contributed by atoms with Gasteiger partial charge in [0.2, 0.25) is 6.33 Å². The van der Waals surface area contributed by atoms with Crippen LogP contribution in [0.4, 0.5) is 5.82 Å². The number of fused-ring (bicyclic) bond motifs is 7. The number of esters is 1. The minimum absolute atomic E-state index is 0.193. The summed E-state index contributed by atoms with van der Waals surface area (Å²) in [6.45, 7) is 10.0. The molecule has 0 spiro atoms. The van der Waals surface area contributed by atoms with Crippen LogP contribution in [-0.2, 0) is 32.0 Å². The number of rotatable bonds is 5. The molecule has 0 atom stereocenters. The Morgan fingerprint density at radius 1 is 1.34 bits per heavy atom. The molecule has 4 aromatic heterocycles. The van der Waals surface area contributed by atoms with Crippen LogP contribution in [0.15, 0.2) is 11.5 Å². The maximum Gasteiger partial charge on any atom is 0.316 e. The Bertz CT molecular complexity index is 1440. The molecule has 6 rings (SSSR count). The van der Waals surface area contributed by atoms with Crippen molar-refractivity contribution in [3.05, 3.63) is 17.5 Å². The van der Waals surface area contributed by atoms with E-state index in [0.717, 1.165) is 57.0 Å². The molecular formula is C23H27N6O4S2+. The van der Waals surface area contributed by atoms with Gasteiger partial charge in [0.05, 0.1) is 37.4 Å². The van der Waals surface area contributed by atoms with Crippen LogP contribution in [0.5, 0.6) is 0 Å². The van der Waals surface area contributed by atoms with Gasteiger partial charge in [-0.3, -0.25) is 4.79 Å². The maximum absolute atomic E-state index is 11.8. The number of H-pyrrole nitrogens is 1. The topological polar surface area (TPSA) is 107 Å². The molecule has 0 saturated carbocycles. The van der Waals surface area contributed by atoms with E-state index in [1.165, 1.54) is 17.3 Å². The van der Waals surface area contributed by atoms with Crippen LogP contribution in [0.3, 0.4) is 0 Å². The zero-order chi connectivity index (χ0) is 24.2. The van der Waals surface area contributed by atoms with Gasteiger partial charge < -0.3 is 19.1 Å². The van der Waals surface area contributed by atoms with Gasteiger partial charge in [0.1, 0.15) is 21.1 Å². The van der Waals surface area contributed by atoms with Gasteiger partial charge in [-0.05, 0) is 38.1 Å². The van der Waals surface area contributed by atoms with Gasteiger partial charge in [0.15, 0.2) is 5.52 Å². The number of pyridine rings is 1. The lowest BCUT2D eigenvalue weighted by Crippen LogP contribution is -2.39. The van der Waals surface area contributed by atoms with Crippen molar-refractivity contribution in [2.24, 2.45) is 0 Å². The lowest BCUT2D eigenvalue weighted by atomic mass is 9.90. The second kappa shape index (κ2) is 8.84. The SMILES string of the molecule is CCOC(=O)CSc1n[nH]c2c3sc4nc(N5CCOCC5)c5c(c4c3nc[n+]12)CC(C)(C)OC5. The summed E-state index contributed by atoms with van der Waals surface area (Å²) in [6.07, 6.45) is 2.56. The first-order chi connectivity index (χ1) is 16.9. The summed E-state index contributed by atoms with van der Waals surface area (Å²) >= 11 is 2.95. The van der Waals surface area contributed by atoms with E-state index in [1.54, 1.807) is 24.6 Å². The minimum Gasteiger partial charge on any atom is -0.465 e. The van der Waals surface area contributed by atoms with Gasteiger partial charge >= 0.3 is 11.1 Å². The average molecular weight is 516 g/mol. The largest absolute Gasteiger partial charge is 0.465 e. The third kappa shape index (κ3) is 4.02. The number of hydrogen-bond acceptors (Lipinski definition) is 10. The number of nitrogens with one attached hydrogen (secondary N) is 1. The molecule has 12 heteroatoms. The van der Waals surface area contributed by atoms with Crippen LogP contribution in [0.25, 0.3) is 26.1 Å². The summed E-state index contributed by atoms with van der Waals surface area (Å²) < 4.78 is 19.7. The molecule has 1 fully saturated rings. The molecule has 4 aromatic rings. The smallest absolute Gasteiger partial charge is 0.316 e. The molecule has 10 nitrogen and oxygen atoms in total. The quantitative estimate of drug-likeness (QED) is 0.244. The molecule has 0 aliphatic carbocycles. The number of thioether (sulfide) groups is 1. The van der Waals surface area contributed by atoms with E-state index in [-0.39, 0.29) is 17.3 Å². The molecule has 1 N–H and O–H groups in total. The van der Waals surface area contributed by atoms with Crippen molar-refractivity contribution in [1.29, 1.82) is 0 Å². The summed E-state index contributed by atoms with van der Waals surface area (Å²) in [5.41, 5.74) is 3.93. The van der Waals surface area contributed by atoms with Crippen LogP contribution in [0.1, 0.15) is 31.9 Å². The highest BCUT2D eigenvalue weighted by molar-refractivity contribution is 7.99. The van der Waals surface area contributed by atoms with Gasteiger partial charge in [-0.1, -0.05) is 0 Å². The Kier molecular flexibility index (Phi) is 5.78. The summed E-state index contributed by atoms with van der Waals surface area (Å²) in [4.78, 5) is 25.1. The molecule has 0 bridgehead atoms. The molecule has 184 valence electrons.